The van der Waals surface area contributed by atoms with Gasteiger partial charge in [0.25, 0.3) is 0 Å². The maximum Gasteiger partial charge on any atom is 0.193 e. The van der Waals surface area contributed by atoms with Gasteiger partial charge in [-0.1, -0.05) is 24.3 Å². The highest BCUT2D eigenvalue weighted by molar-refractivity contribution is 14.0. The van der Waals surface area contributed by atoms with E-state index in [2.05, 4.69) is 34.6 Å². The van der Waals surface area contributed by atoms with Crippen LogP contribution >= 0.6 is 35.7 Å². The molecule has 0 aliphatic heterocycles. The quantitative estimate of drug-likeness (QED) is 0.232. The van der Waals surface area contributed by atoms with Crippen molar-refractivity contribution in [2.75, 3.05) is 32.1 Å². The fraction of sp³-hybridized carbons (Fsp3) is 0.350. The van der Waals surface area contributed by atoms with Crippen LogP contribution in [0.5, 0.6) is 0 Å². The first-order valence-corrected chi connectivity index (χ1v) is 11.8. The van der Waals surface area contributed by atoms with Gasteiger partial charge in [-0.15, -0.1) is 35.7 Å². The molecule has 160 valence electrons. The summed E-state index contributed by atoms with van der Waals surface area (Å²) in [7, 11) is -1.83. The Morgan fingerprint density at radius 1 is 1.17 bits per heavy atom. The van der Waals surface area contributed by atoms with Crippen molar-refractivity contribution >= 4 is 51.5 Å². The third kappa shape index (κ3) is 7.78. The van der Waals surface area contributed by atoms with Gasteiger partial charge in [-0.05, 0) is 43.0 Å². The van der Waals surface area contributed by atoms with Gasteiger partial charge in [0.15, 0.2) is 15.8 Å². The van der Waals surface area contributed by atoms with E-state index in [1.165, 1.54) is 23.1 Å². The van der Waals surface area contributed by atoms with E-state index < -0.39 is 15.7 Å². The largest absolute Gasteiger partial charge is 0.357 e. The number of halogens is 2. The molecule has 2 aromatic rings. The molecule has 1 N–H and O–H groups in total. The van der Waals surface area contributed by atoms with Crippen molar-refractivity contribution in [3.8, 4) is 0 Å². The smallest absolute Gasteiger partial charge is 0.193 e. The fourth-order valence-corrected chi connectivity index (χ4v) is 4.24. The van der Waals surface area contributed by atoms with Crippen LogP contribution in [0.25, 0.3) is 0 Å². The highest BCUT2D eigenvalue weighted by Gasteiger charge is 2.18. The van der Waals surface area contributed by atoms with Crippen LogP contribution in [0.1, 0.15) is 12.5 Å². The molecule has 29 heavy (non-hydrogen) atoms. The summed E-state index contributed by atoms with van der Waals surface area (Å²) in [6.07, 6.45) is 2.03. The van der Waals surface area contributed by atoms with E-state index in [1.54, 1.807) is 11.8 Å². The Morgan fingerprint density at radius 3 is 2.41 bits per heavy atom. The van der Waals surface area contributed by atoms with Gasteiger partial charge >= 0.3 is 0 Å². The Balaban J connectivity index is 0.00000420. The lowest BCUT2D eigenvalue weighted by atomic mass is 10.2. The SMILES string of the molecule is CCNC(=NCCS(=O)(=O)c1ccccc1F)N(C)Cc1ccc(SC)cc1.I. The standard InChI is InChI=1S/C20H26FN3O2S2.HI/c1-4-22-20(24(2)15-16-9-11-17(27-3)12-10-16)23-13-14-28(25,26)19-8-6-5-7-18(19)21;/h5-12H,4,13-15H2,1-3H3,(H,22,23);1H. The van der Waals surface area contributed by atoms with E-state index in [9.17, 15) is 12.8 Å². The normalized spacial score (nSPS) is 11.7. The first-order chi connectivity index (χ1) is 13.4. The lowest BCUT2D eigenvalue weighted by molar-refractivity contribution is 0.477. The van der Waals surface area contributed by atoms with E-state index in [-0.39, 0.29) is 41.2 Å². The molecule has 0 saturated carbocycles. The summed E-state index contributed by atoms with van der Waals surface area (Å²) in [5.74, 6) is -0.372. The van der Waals surface area contributed by atoms with E-state index in [4.69, 9.17) is 0 Å². The average molecular weight is 551 g/mol. The van der Waals surface area contributed by atoms with Crippen molar-refractivity contribution < 1.29 is 12.8 Å². The van der Waals surface area contributed by atoms with Crippen LogP contribution in [0.3, 0.4) is 0 Å². The predicted octanol–water partition coefficient (Wildman–Crippen LogP) is 4.04. The molecule has 0 spiro atoms. The van der Waals surface area contributed by atoms with Crippen molar-refractivity contribution in [1.29, 1.82) is 0 Å². The molecule has 0 amide bonds. The molecule has 0 aliphatic carbocycles. The predicted molar refractivity (Wildman–Crippen MR) is 130 cm³/mol. The Labute approximate surface area is 194 Å². The first kappa shape index (κ1) is 25.7. The zero-order valence-corrected chi connectivity index (χ0v) is 20.7. The van der Waals surface area contributed by atoms with Crippen molar-refractivity contribution in [2.45, 2.75) is 23.3 Å². The molecule has 9 heteroatoms. The molecular weight excluding hydrogens is 524 g/mol. The van der Waals surface area contributed by atoms with Gasteiger partial charge in [-0.2, -0.15) is 0 Å². The molecular formula is C20H27FIN3O2S2. The molecule has 0 unspecified atom stereocenters. The van der Waals surface area contributed by atoms with E-state index in [0.717, 1.165) is 11.6 Å². The number of thioether (sulfide) groups is 1. The third-order valence-electron chi connectivity index (χ3n) is 4.07. The summed E-state index contributed by atoms with van der Waals surface area (Å²) in [5, 5.41) is 3.17. The van der Waals surface area contributed by atoms with Gasteiger partial charge < -0.3 is 10.2 Å². The van der Waals surface area contributed by atoms with Gasteiger partial charge in [0.1, 0.15) is 10.7 Å². The molecule has 0 aliphatic rings. The lowest BCUT2D eigenvalue weighted by Gasteiger charge is -2.22. The summed E-state index contributed by atoms with van der Waals surface area (Å²) in [6, 6.07) is 13.7. The molecule has 2 aromatic carbocycles. The van der Waals surface area contributed by atoms with Crippen LogP contribution in [0, 0.1) is 5.82 Å². The number of rotatable bonds is 8. The van der Waals surface area contributed by atoms with Gasteiger partial charge in [-0.25, -0.2) is 12.8 Å². The number of aliphatic imine (C=N–C) groups is 1. The van der Waals surface area contributed by atoms with Crippen molar-refractivity contribution in [3.05, 3.63) is 59.9 Å². The first-order valence-electron chi connectivity index (χ1n) is 8.97. The maximum atomic E-state index is 13.8. The second-order valence-electron chi connectivity index (χ2n) is 6.19. The second-order valence-corrected chi connectivity index (χ2v) is 9.15. The summed E-state index contributed by atoms with van der Waals surface area (Å²) in [4.78, 5) is 7.27. The van der Waals surface area contributed by atoms with Crippen molar-refractivity contribution in [3.63, 3.8) is 0 Å². The Morgan fingerprint density at radius 2 is 1.83 bits per heavy atom. The molecule has 0 fully saturated rings. The zero-order valence-electron chi connectivity index (χ0n) is 16.8. The van der Waals surface area contributed by atoms with Crippen LogP contribution in [0.15, 0.2) is 63.3 Å². The number of nitrogens with one attached hydrogen (secondary N) is 1. The van der Waals surface area contributed by atoms with Crippen LogP contribution in [0.4, 0.5) is 4.39 Å². The van der Waals surface area contributed by atoms with Crippen molar-refractivity contribution in [2.24, 2.45) is 4.99 Å². The summed E-state index contributed by atoms with van der Waals surface area (Å²) < 4.78 is 38.5. The monoisotopic (exact) mass is 551 g/mol. The van der Waals surface area contributed by atoms with Gasteiger partial charge in [0.2, 0.25) is 0 Å². The van der Waals surface area contributed by atoms with Crippen LogP contribution < -0.4 is 5.32 Å². The number of hydrogen-bond acceptors (Lipinski definition) is 4. The molecule has 0 bridgehead atoms. The molecule has 0 heterocycles. The van der Waals surface area contributed by atoms with E-state index in [1.807, 2.05) is 25.1 Å². The number of nitrogens with zero attached hydrogens (tertiary/aromatic N) is 2. The molecule has 0 aromatic heterocycles. The van der Waals surface area contributed by atoms with Crippen molar-refractivity contribution in [1.82, 2.24) is 10.2 Å². The minimum atomic E-state index is -3.72. The Hall–Kier alpha value is -1.33. The van der Waals surface area contributed by atoms with Gasteiger partial charge in [0, 0.05) is 25.0 Å². The zero-order chi connectivity index (χ0) is 20.6. The summed E-state index contributed by atoms with van der Waals surface area (Å²) in [6.45, 7) is 3.30. The highest BCUT2D eigenvalue weighted by atomic mass is 127. The summed E-state index contributed by atoms with van der Waals surface area (Å²) in [5.41, 5.74) is 1.13. The van der Waals surface area contributed by atoms with E-state index in [0.29, 0.717) is 19.0 Å². The Kier molecular flexibility index (Phi) is 11.0. The minimum absolute atomic E-state index is 0. The minimum Gasteiger partial charge on any atom is -0.357 e. The molecule has 2 rings (SSSR count). The lowest BCUT2D eigenvalue weighted by Crippen LogP contribution is -2.38. The number of hydrogen-bond donors (Lipinski definition) is 1. The number of guanidine groups is 1. The Bertz CT molecular complexity index is 906. The van der Waals surface area contributed by atoms with Gasteiger partial charge in [0.05, 0.1) is 12.3 Å². The third-order valence-corrected chi connectivity index (χ3v) is 6.53. The highest BCUT2D eigenvalue weighted by Crippen LogP contribution is 2.16. The second kappa shape index (κ2) is 12.4. The van der Waals surface area contributed by atoms with E-state index >= 15 is 0 Å². The number of benzene rings is 2. The van der Waals surface area contributed by atoms with Gasteiger partial charge in [-0.3, -0.25) is 4.99 Å². The molecule has 0 radical (unpaired) electrons. The molecule has 0 saturated heterocycles. The van der Waals surface area contributed by atoms with Crippen LogP contribution in [-0.2, 0) is 16.4 Å². The fourth-order valence-electron chi connectivity index (χ4n) is 2.63. The average Bonchev–Trinajstić information content (AvgIpc) is 2.68. The topological polar surface area (TPSA) is 61.8 Å². The van der Waals surface area contributed by atoms with Crippen LogP contribution in [0.2, 0.25) is 0 Å². The number of sulfone groups is 1. The maximum absolute atomic E-state index is 13.8. The van der Waals surface area contributed by atoms with Crippen LogP contribution in [-0.4, -0.2) is 51.4 Å². The molecule has 0 atom stereocenters. The summed E-state index contributed by atoms with van der Waals surface area (Å²) >= 11 is 1.69. The molecule has 5 nitrogen and oxygen atoms in total.